The van der Waals surface area contributed by atoms with Crippen LogP contribution in [-0.2, 0) is 25.5 Å². The van der Waals surface area contributed by atoms with E-state index in [4.69, 9.17) is 9.47 Å². The van der Waals surface area contributed by atoms with Crippen molar-refractivity contribution in [2.75, 3.05) is 6.61 Å². The Hall–Kier alpha value is -2.73. The number of aryl methyl sites for hydroxylation is 1. The number of ether oxygens (including phenoxy) is 2. The van der Waals surface area contributed by atoms with Gasteiger partial charge in [-0.15, -0.1) is 0 Å². The van der Waals surface area contributed by atoms with Crippen LogP contribution in [0.15, 0.2) is 48.5 Å². The average Bonchev–Trinajstić information content (AvgIpc) is 2.86. The summed E-state index contributed by atoms with van der Waals surface area (Å²) in [7, 11) is -1.33. The molecule has 214 valence electrons. The van der Waals surface area contributed by atoms with Crippen molar-refractivity contribution >= 4 is 26.3 Å². The highest BCUT2D eigenvalue weighted by atomic mass is 28.3. The van der Waals surface area contributed by atoms with Crippen molar-refractivity contribution in [2.45, 2.75) is 97.5 Å². The van der Waals surface area contributed by atoms with Gasteiger partial charge in [0.05, 0.1) is 18.4 Å². The molecule has 39 heavy (non-hydrogen) atoms. The molecule has 0 aliphatic heterocycles. The molecule has 0 N–H and O–H groups in total. The number of esters is 2. The first-order valence-electron chi connectivity index (χ1n) is 14.4. The number of unbranched alkanes of at least 4 members (excludes halogenated alkanes) is 1. The van der Waals surface area contributed by atoms with Crippen LogP contribution in [0.5, 0.6) is 0 Å². The molecule has 0 aliphatic rings. The van der Waals surface area contributed by atoms with Crippen LogP contribution in [0.2, 0.25) is 25.7 Å². The van der Waals surface area contributed by atoms with Crippen LogP contribution in [0, 0.1) is 11.8 Å². The third-order valence-corrected chi connectivity index (χ3v) is 8.46. The van der Waals surface area contributed by atoms with Crippen molar-refractivity contribution < 1.29 is 23.9 Å². The molecule has 0 saturated heterocycles. The van der Waals surface area contributed by atoms with Crippen molar-refractivity contribution in [2.24, 2.45) is 11.8 Å². The Kier molecular flexibility index (Phi) is 12.6. The van der Waals surface area contributed by atoms with Gasteiger partial charge < -0.3 is 9.47 Å². The minimum atomic E-state index is -1.33. The van der Waals surface area contributed by atoms with Gasteiger partial charge in [-0.25, -0.2) is 0 Å². The predicted molar refractivity (Wildman–Crippen MR) is 162 cm³/mol. The first-order valence-corrected chi connectivity index (χ1v) is 18.1. The molecule has 0 amide bonds. The molecule has 2 aromatic carbocycles. The minimum Gasteiger partial charge on any atom is -0.466 e. The maximum absolute atomic E-state index is 13.3. The quantitative estimate of drug-likeness (QED) is 0.127. The van der Waals surface area contributed by atoms with E-state index in [1.54, 1.807) is 0 Å². The summed E-state index contributed by atoms with van der Waals surface area (Å²) in [5.41, 5.74) is 3.34. The molecule has 0 bridgehead atoms. The zero-order chi connectivity index (χ0) is 29.1. The third-order valence-electron chi connectivity index (χ3n) is 6.76. The topological polar surface area (TPSA) is 69.7 Å². The number of rotatable bonds is 15. The lowest BCUT2D eigenvalue weighted by molar-refractivity contribution is -0.162. The van der Waals surface area contributed by atoms with Crippen LogP contribution in [0.3, 0.4) is 0 Å². The SMILES string of the molecule is CCCC[C@@H](C[C@@H](CCc1ccc(-c2ccc(C=O)cc2)cc1)C(=O)OCC[Si](C)(C)C)C(=O)OC(C)(C)C. The maximum atomic E-state index is 13.3. The van der Waals surface area contributed by atoms with Crippen LogP contribution in [0.25, 0.3) is 11.1 Å². The van der Waals surface area contributed by atoms with Crippen molar-refractivity contribution in [3.63, 3.8) is 0 Å². The van der Waals surface area contributed by atoms with Gasteiger partial charge in [0, 0.05) is 13.6 Å². The lowest BCUT2D eigenvalue weighted by Gasteiger charge is -2.26. The maximum Gasteiger partial charge on any atom is 0.309 e. The lowest BCUT2D eigenvalue weighted by atomic mass is 9.86. The van der Waals surface area contributed by atoms with Gasteiger partial charge in [0.25, 0.3) is 0 Å². The Morgan fingerprint density at radius 3 is 1.95 bits per heavy atom. The van der Waals surface area contributed by atoms with Crippen molar-refractivity contribution in [1.29, 1.82) is 0 Å². The van der Waals surface area contributed by atoms with E-state index < -0.39 is 13.7 Å². The van der Waals surface area contributed by atoms with Gasteiger partial charge in [-0.05, 0) is 69.2 Å². The number of carbonyl (C=O) groups excluding carboxylic acids is 3. The molecule has 0 aliphatic carbocycles. The summed E-state index contributed by atoms with van der Waals surface area (Å²) in [4.78, 5) is 37.3. The fourth-order valence-electron chi connectivity index (χ4n) is 4.38. The molecular weight excluding hydrogens is 504 g/mol. The molecule has 2 rings (SSSR count). The van der Waals surface area contributed by atoms with Crippen LogP contribution in [0.4, 0.5) is 0 Å². The van der Waals surface area contributed by atoms with Crippen LogP contribution in [0.1, 0.15) is 75.7 Å². The molecule has 0 aromatic heterocycles. The van der Waals surface area contributed by atoms with Crippen LogP contribution in [-0.4, -0.2) is 38.5 Å². The van der Waals surface area contributed by atoms with E-state index in [-0.39, 0.29) is 23.8 Å². The second kappa shape index (κ2) is 15.2. The van der Waals surface area contributed by atoms with Gasteiger partial charge in [-0.2, -0.15) is 0 Å². The average molecular weight is 553 g/mol. The smallest absolute Gasteiger partial charge is 0.309 e. The van der Waals surface area contributed by atoms with Gasteiger partial charge >= 0.3 is 11.9 Å². The molecule has 2 atom stereocenters. The Morgan fingerprint density at radius 1 is 0.872 bits per heavy atom. The molecular formula is C33H48O5Si. The second-order valence-electron chi connectivity index (χ2n) is 12.8. The summed E-state index contributed by atoms with van der Waals surface area (Å²) in [6, 6.07) is 16.7. The highest BCUT2D eigenvalue weighted by Crippen LogP contribution is 2.28. The van der Waals surface area contributed by atoms with Gasteiger partial charge in [-0.1, -0.05) is 87.9 Å². The van der Waals surface area contributed by atoms with E-state index in [0.29, 0.717) is 37.9 Å². The van der Waals surface area contributed by atoms with Crippen LogP contribution >= 0.6 is 0 Å². The van der Waals surface area contributed by atoms with E-state index >= 15 is 0 Å². The Bertz CT molecular complexity index is 1050. The fraction of sp³-hybridized carbons (Fsp3) is 0.545. The van der Waals surface area contributed by atoms with Gasteiger partial charge in [-0.3, -0.25) is 14.4 Å². The first-order chi connectivity index (χ1) is 18.3. The van der Waals surface area contributed by atoms with E-state index in [1.807, 2.05) is 45.0 Å². The zero-order valence-electron chi connectivity index (χ0n) is 25.0. The van der Waals surface area contributed by atoms with E-state index in [2.05, 4.69) is 50.8 Å². The van der Waals surface area contributed by atoms with Gasteiger partial charge in [0.2, 0.25) is 0 Å². The number of hydrogen-bond acceptors (Lipinski definition) is 5. The largest absolute Gasteiger partial charge is 0.466 e. The summed E-state index contributed by atoms with van der Waals surface area (Å²) >= 11 is 0. The molecule has 5 nitrogen and oxygen atoms in total. The van der Waals surface area contributed by atoms with Crippen molar-refractivity contribution in [3.05, 3.63) is 59.7 Å². The summed E-state index contributed by atoms with van der Waals surface area (Å²) in [5, 5.41) is 0. The highest BCUT2D eigenvalue weighted by molar-refractivity contribution is 6.76. The van der Waals surface area contributed by atoms with Gasteiger partial charge in [0.15, 0.2) is 0 Å². The Labute approximate surface area is 236 Å². The molecule has 0 saturated carbocycles. The first kappa shape index (κ1) is 32.5. The van der Waals surface area contributed by atoms with Crippen LogP contribution < -0.4 is 0 Å². The number of benzene rings is 2. The normalized spacial score (nSPS) is 13.4. The summed E-state index contributed by atoms with van der Waals surface area (Å²) in [5.74, 6) is -1.11. The standard InChI is InChI=1S/C33H48O5Si/c1-8-9-10-29(32(36)38-33(2,3)4)23-30(31(35)37-21-22-39(5,6)7)20-13-25-11-16-27(17-12-25)28-18-14-26(24-34)15-19-28/h11-12,14-19,24,29-30H,8-10,13,20-23H2,1-7H3/t29-,30+/m0/s1. The molecule has 0 heterocycles. The van der Waals surface area contributed by atoms with E-state index in [0.717, 1.165) is 41.9 Å². The minimum absolute atomic E-state index is 0.204. The Morgan fingerprint density at radius 2 is 1.44 bits per heavy atom. The zero-order valence-corrected chi connectivity index (χ0v) is 26.0. The monoisotopic (exact) mass is 552 g/mol. The van der Waals surface area contributed by atoms with E-state index in [9.17, 15) is 14.4 Å². The number of aldehydes is 1. The Balaban J connectivity index is 2.15. The molecule has 0 spiro atoms. The fourth-order valence-corrected chi connectivity index (χ4v) is 5.09. The predicted octanol–water partition coefficient (Wildman–Crippen LogP) is 8.13. The summed E-state index contributed by atoms with van der Waals surface area (Å²) in [6.07, 6.45) is 5.22. The molecule has 0 radical (unpaired) electrons. The lowest BCUT2D eigenvalue weighted by Crippen LogP contribution is -2.32. The molecule has 6 heteroatoms. The molecule has 0 fully saturated rings. The summed E-state index contributed by atoms with van der Waals surface area (Å²) in [6.45, 7) is 15.0. The number of carbonyl (C=O) groups is 3. The summed E-state index contributed by atoms with van der Waals surface area (Å²) < 4.78 is 11.5. The molecule has 0 unspecified atom stereocenters. The third kappa shape index (κ3) is 12.3. The van der Waals surface area contributed by atoms with E-state index in [1.165, 1.54) is 0 Å². The number of hydrogen-bond donors (Lipinski definition) is 0. The second-order valence-corrected chi connectivity index (χ2v) is 18.4. The molecule has 2 aromatic rings. The van der Waals surface area contributed by atoms with Gasteiger partial charge in [0.1, 0.15) is 11.9 Å². The van der Waals surface area contributed by atoms with Crippen molar-refractivity contribution in [3.8, 4) is 11.1 Å². The highest BCUT2D eigenvalue weighted by Gasteiger charge is 2.31. The van der Waals surface area contributed by atoms with Crippen molar-refractivity contribution in [1.82, 2.24) is 0 Å².